The second kappa shape index (κ2) is 6.67. The first-order chi connectivity index (χ1) is 14.2. The Balaban J connectivity index is 1.41. The lowest BCUT2D eigenvalue weighted by atomic mass is 10.1. The number of piperazine rings is 1. The first-order valence-corrected chi connectivity index (χ1v) is 10.5. The topological polar surface area (TPSA) is 85.0 Å². The van der Waals surface area contributed by atoms with Crippen LogP contribution in [0.15, 0.2) is 24.4 Å². The molecule has 0 radical (unpaired) electrons. The molecule has 150 valence electrons. The number of hydrogen-bond acceptors (Lipinski definition) is 7. The number of fused-ring (bicyclic) bond motifs is 4. The minimum Gasteiger partial charge on any atom is -0.340 e. The number of aromatic nitrogens is 4. The van der Waals surface area contributed by atoms with E-state index in [9.17, 15) is 0 Å². The first-order valence-electron chi connectivity index (χ1n) is 10.5. The number of rotatable bonds is 3. The van der Waals surface area contributed by atoms with Gasteiger partial charge in [0.05, 0.1) is 17.4 Å². The maximum Gasteiger partial charge on any atom is 0.228 e. The molecular weight excluding hydrogens is 364 g/mol. The van der Waals surface area contributed by atoms with Gasteiger partial charge in [-0.25, -0.2) is 4.98 Å². The minimum atomic E-state index is 0.508. The van der Waals surface area contributed by atoms with Crippen molar-refractivity contribution < 1.29 is 0 Å². The summed E-state index contributed by atoms with van der Waals surface area (Å²) in [5.41, 5.74) is 4.48. The molecule has 1 aromatic carbocycles. The molecule has 3 aromatic rings. The van der Waals surface area contributed by atoms with Crippen molar-refractivity contribution in [1.82, 2.24) is 30.4 Å². The van der Waals surface area contributed by atoms with Crippen LogP contribution >= 0.6 is 0 Å². The summed E-state index contributed by atoms with van der Waals surface area (Å²) in [5.74, 6) is 1.84. The van der Waals surface area contributed by atoms with Gasteiger partial charge >= 0.3 is 0 Å². The fraction of sp³-hybridized carbons (Fsp3) is 0.476. The SMILES string of the molecule is CN1CCc2nc(N3C4CCC3CNC4)nc(Nc3ccc4[nH]ncc4c3)c2C1. The summed E-state index contributed by atoms with van der Waals surface area (Å²) in [7, 11) is 2.16. The van der Waals surface area contributed by atoms with E-state index < -0.39 is 0 Å². The zero-order valence-electron chi connectivity index (χ0n) is 16.6. The van der Waals surface area contributed by atoms with E-state index in [1.807, 2.05) is 6.20 Å². The van der Waals surface area contributed by atoms with Crippen LogP contribution in [0.5, 0.6) is 0 Å². The Hall–Kier alpha value is -2.71. The molecule has 2 saturated heterocycles. The average molecular weight is 390 g/mol. The molecule has 5 heterocycles. The summed E-state index contributed by atoms with van der Waals surface area (Å²) in [6.07, 6.45) is 5.27. The highest BCUT2D eigenvalue weighted by Gasteiger charge is 2.38. The van der Waals surface area contributed by atoms with Crippen LogP contribution in [0.25, 0.3) is 10.9 Å². The Kier molecular flexibility index (Phi) is 3.95. The molecule has 0 spiro atoms. The van der Waals surface area contributed by atoms with Crippen molar-refractivity contribution in [3.05, 3.63) is 35.7 Å². The maximum atomic E-state index is 5.07. The van der Waals surface area contributed by atoms with Gasteiger partial charge < -0.3 is 20.4 Å². The lowest BCUT2D eigenvalue weighted by Crippen LogP contribution is -2.52. The summed E-state index contributed by atoms with van der Waals surface area (Å²) in [4.78, 5) is 14.9. The fourth-order valence-corrected chi connectivity index (χ4v) is 5.02. The number of anilines is 3. The molecule has 0 saturated carbocycles. The van der Waals surface area contributed by atoms with Crippen LogP contribution in [0.1, 0.15) is 24.1 Å². The van der Waals surface area contributed by atoms with E-state index in [1.165, 1.54) is 24.1 Å². The number of nitrogens with one attached hydrogen (secondary N) is 3. The Bertz CT molecular complexity index is 1040. The molecular formula is C21H26N8. The van der Waals surface area contributed by atoms with Crippen molar-refractivity contribution in [1.29, 1.82) is 0 Å². The van der Waals surface area contributed by atoms with Gasteiger partial charge in [0.1, 0.15) is 5.82 Å². The van der Waals surface area contributed by atoms with E-state index in [-0.39, 0.29) is 0 Å². The van der Waals surface area contributed by atoms with E-state index in [0.717, 1.165) is 61.0 Å². The largest absolute Gasteiger partial charge is 0.340 e. The van der Waals surface area contributed by atoms with Crippen molar-refractivity contribution in [3.8, 4) is 0 Å². The van der Waals surface area contributed by atoms with Gasteiger partial charge in [0, 0.05) is 61.3 Å². The molecule has 8 nitrogen and oxygen atoms in total. The summed E-state index contributed by atoms with van der Waals surface area (Å²) in [6.45, 7) is 3.97. The quantitative estimate of drug-likeness (QED) is 0.631. The van der Waals surface area contributed by atoms with Crippen molar-refractivity contribution >= 4 is 28.4 Å². The Morgan fingerprint density at radius 2 is 2.00 bits per heavy atom. The molecule has 2 bridgehead atoms. The second-order valence-electron chi connectivity index (χ2n) is 8.53. The van der Waals surface area contributed by atoms with Gasteiger partial charge in [0.2, 0.25) is 5.95 Å². The standard InChI is InChI=1S/C21H26N8/c1-28-7-6-19-17(12-28)20(24-14-2-5-18-13(8-14)9-23-27-18)26-21(25-19)29-15-3-4-16(29)11-22-10-15/h2,5,8-9,15-16,22H,3-4,6-7,10-12H2,1H3,(H,23,27)(H,24,25,26). The fourth-order valence-electron chi connectivity index (χ4n) is 5.02. The number of benzene rings is 1. The van der Waals surface area contributed by atoms with E-state index in [0.29, 0.717) is 12.1 Å². The van der Waals surface area contributed by atoms with Crippen LogP contribution in [0, 0.1) is 0 Å². The van der Waals surface area contributed by atoms with Gasteiger partial charge in [0.15, 0.2) is 0 Å². The highest BCUT2D eigenvalue weighted by Crippen LogP contribution is 2.34. The van der Waals surface area contributed by atoms with Gasteiger partial charge in [-0.15, -0.1) is 0 Å². The van der Waals surface area contributed by atoms with E-state index in [4.69, 9.17) is 9.97 Å². The molecule has 2 fully saturated rings. The van der Waals surface area contributed by atoms with Crippen molar-refractivity contribution in [3.63, 3.8) is 0 Å². The van der Waals surface area contributed by atoms with Crippen LogP contribution in [-0.2, 0) is 13.0 Å². The Morgan fingerprint density at radius 3 is 2.86 bits per heavy atom. The molecule has 0 amide bonds. The Labute approximate surface area is 169 Å². The summed E-state index contributed by atoms with van der Waals surface area (Å²) >= 11 is 0. The van der Waals surface area contributed by atoms with Crippen molar-refractivity contribution in [2.45, 2.75) is 37.9 Å². The predicted molar refractivity (Wildman–Crippen MR) is 114 cm³/mol. The lowest BCUT2D eigenvalue weighted by molar-refractivity contribution is 0.309. The third-order valence-corrected chi connectivity index (χ3v) is 6.55. The molecule has 2 atom stereocenters. The van der Waals surface area contributed by atoms with Crippen LogP contribution in [-0.4, -0.2) is 63.8 Å². The zero-order valence-corrected chi connectivity index (χ0v) is 16.6. The molecule has 3 aliphatic heterocycles. The molecule has 2 aromatic heterocycles. The van der Waals surface area contributed by atoms with Gasteiger partial charge in [0.25, 0.3) is 0 Å². The summed E-state index contributed by atoms with van der Waals surface area (Å²) in [5, 5.41) is 15.4. The van der Waals surface area contributed by atoms with Gasteiger partial charge in [-0.05, 0) is 38.1 Å². The van der Waals surface area contributed by atoms with Crippen molar-refractivity contribution in [2.75, 3.05) is 36.9 Å². The highest BCUT2D eigenvalue weighted by molar-refractivity contribution is 5.83. The van der Waals surface area contributed by atoms with E-state index in [1.54, 1.807) is 0 Å². The van der Waals surface area contributed by atoms with E-state index in [2.05, 4.69) is 55.9 Å². The van der Waals surface area contributed by atoms with Gasteiger partial charge in [-0.3, -0.25) is 5.10 Å². The molecule has 2 unspecified atom stereocenters. The van der Waals surface area contributed by atoms with E-state index >= 15 is 0 Å². The molecule has 29 heavy (non-hydrogen) atoms. The number of likely N-dealkylation sites (N-methyl/N-ethyl adjacent to an activating group) is 1. The smallest absolute Gasteiger partial charge is 0.228 e. The average Bonchev–Trinajstić information content (AvgIpc) is 3.29. The van der Waals surface area contributed by atoms with Gasteiger partial charge in [-0.1, -0.05) is 0 Å². The summed E-state index contributed by atoms with van der Waals surface area (Å²) < 4.78 is 0. The molecule has 6 rings (SSSR count). The predicted octanol–water partition coefficient (Wildman–Crippen LogP) is 2.02. The number of nitrogens with zero attached hydrogens (tertiary/aromatic N) is 5. The number of H-pyrrole nitrogens is 1. The zero-order chi connectivity index (χ0) is 19.4. The third kappa shape index (κ3) is 2.94. The lowest BCUT2D eigenvalue weighted by Gasteiger charge is -2.36. The minimum absolute atomic E-state index is 0.508. The summed E-state index contributed by atoms with van der Waals surface area (Å²) in [6, 6.07) is 7.27. The maximum absolute atomic E-state index is 5.07. The van der Waals surface area contributed by atoms with Crippen LogP contribution in [0.3, 0.4) is 0 Å². The highest BCUT2D eigenvalue weighted by atomic mass is 15.4. The monoisotopic (exact) mass is 390 g/mol. The van der Waals surface area contributed by atoms with Crippen molar-refractivity contribution in [2.24, 2.45) is 0 Å². The molecule has 3 aliphatic rings. The third-order valence-electron chi connectivity index (χ3n) is 6.55. The molecule has 0 aliphatic carbocycles. The molecule has 3 N–H and O–H groups in total. The number of hydrogen-bond donors (Lipinski definition) is 3. The van der Waals surface area contributed by atoms with Crippen LogP contribution in [0.4, 0.5) is 17.5 Å². The van der Waals surface area contributed by atoms with Crippen LogP contribution < -0.4 is 15.5 Å². The Morgan fingerprint density at radius 1 is 1.14 bits per heavy atom. The van der Waals surface area contributed by atoms with Gasteiger partial charge in [-0.2, -0.15) is 10.1 Å². The first kappa shape index (κ1) is 17.2. The normalized spacial score (nSPS) is 24.1. The van der Waals surface area contributed by atoms with Crippen LogP contribution in [0.2, 0.25) is 0 Å². The second-order valence-corrected chi connectivity index (χ2v) is 8.53. The number of aromatic amines is 1. The molecule has 8 heteroatoms.